The fourth-order valence-corrected chi connectivity index (χ4v) is 3.31. The second-order valence-electron chi connectivity index (χ2n) is 6.14. The summed E-state index contributed by atoms with van der Waals surface area (Å²) in [5, 5.41) is 37.3. The number of aromatic hydroxyl groups is 1. The maximum atomic E-state index is 12.3. The van der Waals surface area contributed by atoms with Crippen LogP contribution in [0.25, 0.3) is 10.8 Å². The first-order chi connectivity index (χ1) is 14.3. The van der Waals surface area contributed by atoms with Crippen LogP contribution in [0.15, 0.2) is 58.1 Å². The number of benzene rings is 3. The topological polar surface area (TPSA) is 148 Å². The van der Waals surface area contributed by atoms with Gasteiger partial charge >= 0.3 is 5.69 Å². The van der Waals surface area contributed by atoms with Crippen LogP contribution >= 0.6 is 15.9 Å². The highest BCUT2D eigenvalue weighted by Gasteiger charge is 2.23. The summed E-state index contributed by atoms with van der Waals surface area (Å²) in [6.45, 7) is 0. The highest BCUT2D eigenvalue weighted by atomic mass is 79.9. The number of halogens is 1. The van der Waals surface area contributed by atoms with Crippen LogP contribution in [0.2, 0.25) is 0 Å². The summed E-state index contributed by atoms with van der Waals surface area (Å²) >= 11 is 3.46. The van der Waals surface area contributed by atoms with Crippen molar-refractivity contribution >= 4 is 50.2 Å². The Morgan fingerprint density at radius 1 is 1.10 bits per heavy atom. The average Bonchev–Trinajstić information content (AvgIpc) is 2.71. The molecule has 0 saturated carbocycles. The van der Waals surface area contributed by atoms with E-state index in [0.29, 0.717) is 6.07 Å². The van der Waals surface area contributed by atoms with Crippen LogP contribution in [0.4, 0.5) is 11.4 Å². The molecule has 0 aliphatic carbocycles. The van der Waals surface area contributed by atoms with Crippen LogP contribution in [-0.4, -0.2) is 27.1 Å². The lowest BCUT2D eigenvalue weighted by Crippen LogP contribution is -2.20. The zero-order chi connectivity index (χ0) is 21.8. The van der Waals surface area contributed by atoms with Gasteiger partial charge in [-0.05, 0) is 22.4 Å². The van der Waals surface area contributed by atoms with E-state index >= 15 is 0 Å². The molecule has 0 bridgehead atoms. The van der Waals surface area contributed by atoms with Crippen molar-refractivity contribution in [2.45, 2.75) is 6.42 Å². The summed E-state index contributed by atoms with van der Waals surface area (Å²) in [7, 11) is 0. The minimum atomic E-state index is -0.948. The van der Waals surface area contributed by atoms with Gasteiger partial charge in [-0.15, -0.1) is 0 Å². The molecule has 0 heterocycles. The lowest BCUT2D eigenvalue weighted by Gasteiger charge is -2.07. The highest BCUT2D eigenvalue weighted by molar-refractivity contribution is 9.10. The van der Waals surface area contributed by atoms with E-state index in [2.05, 4.69) is 26.5 Å². The molecule has 0 aliphatic heterocycles. The molecule has 0 fully saturated rings. The molecule has 2 N–H and O–H groups in total. The van der Waals surface area contributed by atoms with Crippen LogP contribution < -0.4 is 5.43 Å². The van der Waals surface area contributed by atoms with Gasteiger partial charge in [0.2, 0.25) is 11.7 Å². The smallest absolute Gasteiger partial charge is 0.318 e. The van der Waals surface area contributed by atoms with E-state index in [4.69, 9.17) is 0 Å². The molecule has 0 spiro atoms. The van der Waals surface area contributed by atoms with E-state index in [0.717, 1.165) is 33.1 Å². The number of hydrogen-bond donors (Lipinski definition) is 2. The molecule has 152 valence electrons. The third kappa shape index (κ3) is 4.41. The average molecular weight is 473 g/mol. The largest absolute Gasteiger partial charge is 0.502 e. The molecule has 0 radical (unpaired) electrons. The standard InChI is InChI=1S/C19H13BrN4O6/c20-16-6-5-11(14-3-1-2-4-15(14)16)8-18(25)22-21-10-12-7-13(23(27)28)9-17(19(12)26)24(29)30/h1-7,9-10,26H,8H2,(H,22,25)/b21-10+. The number of rotatable bonds is 6. The number of nitro groups is 2. The maximum absolute atomic E-state index is 12.3. The lowest BCUT2D eigenvalue weighted by atomic mass is 10.0. The second-order valence-corrected chi connectivity index (χ2v) is 6.99. The van der Waals surface area contributed by atoms with Gasteiger partial charge in [0.1, 0.15) is 0 Å². The van der Waals surface area contributed by atoms with Gasteiger partial charge in [0.15, 0.2) is 0 Å². The fourth-order valence-electron chi connectivity index (χ4n) is 2.83. The van der Waals surface area contributed by atoms with Gasteiger partial charge in [-0.2, -0.15) is 5.10 Å². The minimum Gasteiger partial charge on any atom is -0.502 e. The lowest BCUT2D eigenvalue weighted by molar-refractivity contribution is -0.394. The molecule has 3 aromatic carbocycles. The molecule has 0 unspecified atom stereocenters. The number of hydrogen-bond acceptors (Lipinski definition) is 7. The molecular weight excluding hydrogens is 460 g/mol. The number of carbonyl (C=O) groups is 1. The van der Waals surface area contributed by atoms with Crippen molar-refractivity contribution in [3.8, 4) is 5.75 Å². The van der Waals surface area contributed by atoms with E-state index in [1.807, 2.05) is 30.3 Å². The van der Waals surface area contributed by atoms with Crippen molar-refractivity contribution in [2.24, 2.45) is 5.10 Å². The number of nitro benzene ring substituents is 2. The predicted molar refractivity (Wildman–Crippen MR) is 113 cm³/mol. The SMILES string of the molecule is O=C(Cc1ccc(Br)c2ccccc12)N/N=C/c1cc([N+](=O)[O-])cc([N+](=O)[O-])c1O. The minimum absolute atomic E-state index is 0.00615. The number of nitrogens with one attached hydrogen (secondary N) is 1. The van der Waals surface area contributed by atoms with Crippen LogP contribution in [-0.2, 0) is 11.2 Å². The molecule has 10 nitrogen and oxygen atoms in total. The Morgan fingerprint density at radius 3 is 2.47 bits per heavy atom. The van der Waals surface area contributed by atoms with Crippen LogP contribution in [0, 0.1) is 20.2 Å². The first-order valence-corrected chi connectivity index (χ1v) is 9.21. The number of carbonyl (C=O) groups excluding carboxylic acids is 1. The highest BCUT2D eigenvalue weighted by Crippen LogP contribution is 2.33. The van der Waals surface area contributed by atoms with Gasteiger partial charge < -0.3 is 5.11 Å². The number of phenolic OH excluding ortho intramolecular Hbond substituents is 1. The van der Waals surface area contributed by atoms with Gasteiger partial charge in [0, 0.05) is 10.5 Å². The Kier molecular flexibility index (Phi) is 6.02. The summed E-state index contributed by atoms with van der Waals surface area (Å²) in [5.41, 5.74) is 1.31. The quantitative estimate of drug-likeness (QED) is 0.316. The Balaban J connectivity index is 1.79. The zero-order valence-electron chi connectivity index (χ0n) is 15.1. The van der Waals surface area contributed by atoms with Crippen LogP contribution in [0.5, 0.6) is 5.75 Å². The number of fused-ring (bicyclic) bond motifs is 1. The molecule has 11 heteroatoms. The monoisotopic (exact) mass is 472 g/mol. The van der Waals surface area contributed by atoms with E-state index in [1.54, 1.807) is 6.07 Å². The molecule has 1 amide bonds. The Bertz CT molecular complexity index is 1210. The molecule has 3 rings (SSSR count). The number of phenols is 1. The maximum Gasteiger partial charge on any atom is 0.318 e. The number of nitrogens with zero attached hydrogens (tertiary/aromatic N) is 3. The molecule has 0 aromatic heterocycles. The molecule has 0 saturated heterocycles. The predicted octanol–water partition coefficient (Wildman–Crippen LogP) is 3.82. The van der Waals surface area contributed by atoms with Crippen LogP contribution in [0.3, 0.4) is 0 Å². The van der Waals surface area contributed by atoms with E-state index in [1.165, 1.54) is 0 Å². The van der Waals surface area contributed by atoms with Gasteiger partial charge in [-0.25, -0.2) is 5.43 Å². The second kappa shape index (κ2) is 8.66. The van der Waals surface area contributed by atoms with Crippen molar-refractivity contribution in [1.82, 2.24) is 5.43 Å². The summed E-state index contributed by atoms with van der Waals surface area (Å²) in [4.78, 5) is 32.4. The Hall–Kier alpha value is -3.86. The third-order valence-electron chi connectivity index (χ3n) is 4.22. The fraction of sp³-hybridized carbons (Fsp3) is 0.0526. The van der Waals surface area contributed by atoms with Gasteiger partial charge in [-0.3, -0.25) is 25.0 Å². The molecule has 0 atom stereocenters. The first-order valence-electron chi connectivity index (χ1n) is 8.41. The summed E-state index contributed by atoms with van der Waals surface area (Å²) in [6.07, 6.45) is 0.916. The summed E-state index contributed by atoms with van der Waals surface area (Å²) in [5.74, 6) is -1.26. The third-order valence-corrected chi connectivity index (χ3v) is 4.91. The van der Waals surface area contributed by atoms with Crippen molar-refractivity contribution in [2.75, 3.05) is 0 Å². The van der Waals surface area contributed by atoms with Crippen molar-refractivity contribution in [1.29, 1.82) is 0 Å². The molecule has 30 heavy (non-hydrogen) atoms. The Morgan fingerprint density at radius 2 is 1.80 bits per heavy atom. The van der Waals surface area contributed by atoms with Crippen molar-refractivity contribution < 1.29 is 19.7 Å². The van der Waals surface area contributed by atoms with E-state index in [-0.39, 0.29) is 12.0 Å². The zero-order valence-corrected chi connectivity index (χ0v) is 16.7. The first kappa shape index (κ1) is 20.9. The van der Waals surface area contributed by atoms with Gasteiger partial charge in [-0.1, -0.05) is 46.3 Å². The van der Waals surface area contributed by atoms with Crippen LogP contribution in [0.1, 0.15) is 11.1 Å². The normalized spacial score (nSPS) is 11.0. The number of hydrazone groups is 1. The van der Waals surface area contributed by atoms with Gasteiger partial charge in [0.05, 0.1) is 34.1 Å². The molecule has 0 aliphatic rings. The Labute approximate surface area is 177 Å². The summed E-state index contributed by atoms with van der Waals surface area (Å²) in [6, 6.07) is 12.7. The molecule has 3 aromatic rings. The van der Waals surface area contributed by atoms with Crippen molar-refractivity contribution in [3.05, 3.63) is 84.4 Å². The van der Waals surface area contributed by atoms with E-state index in [9.17, 15) is 30.1 Å². The molecular formula is C19H13BrN4O6. The summed E-state index contributed by atoms with van der Waals surface area (Å²) < 4.78 is 0.892. The van der Waals surface area contributed by atoms with Gasteiger partial charge in [0.25, 0.3) is 5.69 Å². The van der Waals surface area contributed by atoms with E-state index < -0.39 is 32.9 Å². The van der Waals surface area contributed by atoms with Crippen molar-refractivity contribution in [3.63, 3.8) is 0 Å². The number of non-ortho nitro benzene ring substituents is 1. The number of amides is 1.